The predicted octanol–water partition coefficient (Wildman–Crippen LogP) is 5.56. The Morgan fingerprint density at radius 3 is 2.26 bits per heavy atom. The summed E-state index contributed by atoms with van der Waals surface area (Å²) >= 11 is 0. The van der Waals surface area contributed by atoms with Crippen molar-refractivity contribution in [2.24, 2.45) is 0 Å². The molecule has 1 aliphatic carbocycles. The predicted molar refractivity (Wildman–Crippen MR) is 141 cm³/mol. The lowest BCUT2D eigenvalue weighted by atomic mass is 9.89. The Morgan fingerprint density at radius 2 is 1.54 bits per heavy atom. The van der Waals surface area contributed by atoms with Crippen molar-refractivity contribution in [3.8, 4) is 0 Å². The van der Waals surface area contributed by atoms with E-state index in [4.69, 9.17) is 0 Å². The fraction of sp³-hybridized carbons (Fsp3) is 0.345. The van der Waals surface area contributed by atoms with E-state index in [-0.39, 0.29) is 23.4 Å². The maximum absolute atomic E-state index is 13.7. The molecule has 1 amide bonds. The summed E-state index contributed by atoms with van der Waals surface area (Å²) in [5, 5.41) is 3.02. The molecule has 1 aliphatic rings. The second kappa shape index (κ2) is 10.2. The van der Waals surface area contributed by atoms with Gasteiger partial charge in [-0.2, -0.15) is 0 Å². The fourth-order valence-electron chi connectivity index (χ4n) is 4.65. The highest BCUT2D eigenvalue weighted by Crippen LogP contribution is 2.29. The van der Waals surface area contributed by atoms with Gasteiger partial charge in [0.05, 0.1) is 16.6 Å². The monoisotopic (exact) mass is 490 g/mol. The van der Waals surface area contributed by atoms with Gasteiger partial charge in [0.25, 0.3) is 10.0 Å². The van der Waals surface area contributed by atoms with Crippen LogP contribution in [-0.4, -0.2) is 20.9 Å². The molecule has 0 saturated carbocycles. The number of benzene rings is 3. The largest absolute Gasteiger partial charge is 0.348 e. The minimum absolute atomic E-state index is 0.166. The third-order valence-electron chi connectivity index (χ3n) is 6.78. The number of nitrogens with zero attached hydrogens (tertiary/aromatic N) is 1. The van der Waals surface area contributed by atoms with E-state index in [9.17, 15) is 13.2 Å². The van der Waals surface area contributed by atoms with Gasteiger partial charge in [-0.15, -0.1) is 0 Å². The van der Waals surface area contributed by atoms with Crippen molar-refractivity contribution in [1.82, 2.24) is 5.32 Å². The number of carbonyl (C=O) groups is 1. The lowest BCUT2D eigenvalue weighted by Gasteiger charge is -2.27. The number of amides is 1. The van der Waals surface area contributed by atoms with Crippen LogP contribution in [0.2, 0.25) is 0 Å². The van der Waals surface area contributed by atoms with Gasteiger partial charge in [-0.3, -0.25) is 9.10 Å². The highest BCUT2D eigenvalue weighted by molar-refractivity contribution is 7.92. The number of anilines is 1. The van der Waals surface area contributed by atoms with Gasteiger partial charge < -0.3 is 5.32 Å². The van der Waals surface area contributed by atoms with Crippen LogP contribution in [0.15, 0.2) is 65.6 Å². The molecule has 1 N–H and O–H groups in total. The molecule has 0 heterocycles. The molecule has 0 aromatic heterocycles. The third-order valence-corrected chi connectivity index (χ3v) is 8.55. The van der Waals surface area contributed by atoms with Crippen molar-refractivity contribution < 1.29 is 13.2 Å². The summed E-state index contributed by atoms with van der Waals surface area (Å²) in [6.07, 6.45) is 4.60. The maximum atomic E-state index is 13.7. The van der Waals surface area contributed by atoms with Crippen LogP contribution in [0, 0.1) is 20.8 Å². The minimum atomic E-state index is -3.95. The number of hydrogen-bond donors (Lipinski definition) is 1. The lowest BCUT2D eigenvalue weighted by molar-refractivity contribution is -0.120. The topological polar surface area (TPSA) is 66.5 Å². The Bertz CT molecular complexity index is 1330. The van der Waals surface area contributed by atoms with Gasteiger partial charge in [-0.25, -0.2) is 8.42 Å². The van der Waals surface area contributed by atoms with Gasteiger partial charge in [0.15, 0.2) is 0 Å². The van der Waals surface area contributed by atoms with Crippen LogP contribution in [-0.2, 0) is 27.7 Å². The minimum Gasteiger partial charge on any atom is -0.348 e. The molecule has 0 spiro atoms. The Kier molecular flexibility index (Phi) is 7.31. The number of hydrogen-bond acceptors (Lipinski definition) is 3. The van der Waals surface area contributed by atoms with Gasteiger partial charge in [0.1, 0.15) is 6.54 Å². The first-order valence-electron chi connectivity index (χ1n) is 12.2. The molecule has 3 aromatic carbocycles. The van der Waals surface area contributed by atoms with Crippen molar-refractivity contribution in [2.75, 3.05) is 10.8 Å². The Balaban J connectivity index is 1.61. The number of rotatable bonds is 7. The van der Waals surface area contributed by atoms with E-state index in [1.807, 2.05) is 45.9 Å². The van der Waals surface area contributed by atoms with Crippen molar-refractivity contribution in [3.05, 3.63) is 94.0 Å². The van der Waals surface area contributed by atoms with Crippen molar-refractivity contribution in [3.63, 3.8) is 0 Å². The molecular weight excluding hydrogens is 456 g/mol. The summed E-state index contributed by atoms with van der Waals surface area (Å²) in [5.74, 6) is -0.341. The van der Waals surface area contributed by atoms with Crippen LogP contribution >= 0.6 is 0 Å². The van der Waals surface area contributed by atoms with E-state index in [1.165, 1.54) is 28.3 Å². The summed E-state index contributed by atoms with van der Waals surface area (Å²) in [5.41, 5.74) is 7.00. The molecule has 0 fully saturated rings. The van der Waals surface area contributed by atoms with Crippen molar-refractivity contribution >= 4 is 21.6 Å². The van der Waals surface area contributed by atoms with Crippen molar-refractivity contribution in [2.45, 2.75) is 64.3 Å². The highest BCUT2D eigenvalue weighted by Gasteiger charge is 2.29. The van der Waals surface area contributed by atoms with E-state index >= 15 is 0 Å². The lowest BCUT2D eigenvalue weighted by Crippen LogP contribution is -2.42. The molecule has 1 atom stereocenters. The van der Waals surface area contributed by atoms with Crippen LogP contribution < -0.4 is 9.62 Å². The van der Waals surface area contributed by atoms with Gasteiger partial charge >= 0.3 is 0 Å². The zero-order valence-corrected chi connectivity index (χ0v) is 21.8. The first-order valence-corrected chi connectivity index (χ1v) is 13.7. The van der Waals surface area contributed by atoms with Crippen LogP contribution in [0.25, 0.3) is 0 Å². The summed E-state index contributed by atoms with van der Waals surface area (Å²) in [6.45, 7) is 7.33. The number of aryl methyl sites for hydroxylation is 5. The number of sulfonamides is 1. The molecule has 0 aliphatic heterocycles. The average Bonchev–Trinajstić information content (AvgIpc) is 2.84. The van der Waals surface area contributed by atoms with Crippen LogP contribution in [0.3, 0.4) is 0 Å². The van der Waals surface area contributed by atoms with E-state index < -0.39 is 10.0 Å². The van der Waals surface area contributed by atoms with Gasteiger partial charge in [0, 0.05) is 0 Å². The molecule has 4 rings (SSSR count). The molecule has 6 heteroatoms. The molecule has 0 saturated heterocycles. The quantitative estimate of drug-likeness (QED) is 0.471. The average molecular weight is 491 g/mol. The van der Waals surface area contributed by atoms with Gasteiger partial charge in [-0.1, -0.05) is 48.0 Å². The number of carbonyl (C=O) groups excluding carboxylic acids is 1. The normalized spacial score (nSPS) is 14.2. The first-order chi connectivity index (χ1) is 16.6. The SMILES string of the molecule is Cc1ccc(S(=O)(=O)N(CC(=O)N[C@H](C)c2ccc3c(c2)CCCC3)c2cc(C)ccc2C)cc1. The van der Waals surface area contributed by atoms with E-state index in [1.54, 1.807) is 24.3 Å². The van der Waals surface area contributed by atoms with E-state index in [2.05, 4.69) is 23.5 Å². The summed E-state index contributed by atoms with van der Waals surface area (Å²) < 4.78 is 28.6. The second-order valence-corrected chi connectivity index (χ2v) is 11.5. The fourth-order valence-corrected chi connectivity index (χ4v) is 6.13. The molecule has 5 nitrogen and oxygen atoms in total. The molecule has 0 bridgehead atoms. The van der Waals surface area contributed by atoms with Crippen molar-refractivity contribution in [1.29, 1.82) is 0 Å². The zero-order chi connectivity index (χ0) is 25.2. The molecular formula is C29H34N2O3S. The van der Waals surface area contributed by atoms with Gasteiger partial charge in [-0.05, 0) is 99.4 Å². The van der Waals surface area contributed by atoms with Crippen LogP contribution in [0.5, 0.6) is 0 Å². The summed E-state index contributed by atoms with van der Waals surface area (Å²) in [4.78, 5) is 13.4. The van der Waals surface area contributed by atoms with E-state index in [0.717, 1.165) is 35.1 Å². The molecule has 0 radical (unpaired) electrons. The van der Waals surface area contributed by atoms with E-state index in [0.29, 0.717) is 5.69 Å². The zero-order valence-electron chi connectivity index (χ0n) is 21.0. The summed E-state index contributed by atoms with van der Waals surface area (Å²) in [7, 11) is -3.95. The molecule has 184 valence electrons. The highest BCUT2D eigenvalue weighted by atomic mass is 32.2. The second-order valence-electron chi connectivity index (χ2n) is 9.64. The number of fused-ring (bicyclic) bond motifs is 1. The Morgan fingerprint density at radius 1 is 0.886 bits per heavy atom. The summed E-state index contributed by atoms with van der Waals surface area (Å²) in [6, 6.07) is 18.6. The molecule has 3 aromatic rings. The van der Waals surface area contributed by atoms with Crippen LogP contribution in [0.4, 0.5) is 5.69 Å². The first kappa shape index (κ1) is 25.0. The number of nitrogens with one attached hydrogen (secondary N) is 1. The third kappa shape index (κ3) is 5.59. The Hall–Kier alpha value is -3.12. The standard InChI is InChI=1S/C29H34N2O3S/c1-20-10-15-27(16-11-20)35(33,34)31(28-17-21(2)9-12-22(28)3)19-29(32)30-23(4)25-14-13-24-7-5-6-8-26(24)18-25/h9-18,23H,5-8,19H2,1-4H3,(H,30,32)/t23-/m1/s1. The van der Waals surface area contributed by atoms with Gasteiger partial charge in [0.2, 0.25) is 5.91 Å². The van der Waals surface area contributed by atoms with Crippen LogP contribution in [0.1, 0.15) is 59.2 Å². The molecule has 0 unspecified atom stereocenters. The Labute approximate surface area is 209 Å². The maximum Gasteiger partial charge on any atom is 0.264 e. The smallest absolute Gasteiger partial charge is 0.264 e. The molecule has 35 heavy (non-hydrogen) atoms.